The molecule has 0 fully saturated rings. The molecule has 0 saturated heterocycles. The third kappa shape index (κ3) is 6.34. The van der Waals surface area contributed by atoms with Crippen molar-refractivity contribution in [3.05, 3.63) is 135 Å². The first kappa shape index (κ1) is 23.7. The van der Waals surface area contributed by atoms with Gasteiger partial charge in [0.2, 0.25) is 0 Å². The molecule has 0 aliphatic carbocycles. The van der Waals surface area contributed by atoms with E-state index in [9.17, 15) is 4.79 Å². The lowest BCUT2D eigenvalue weighted by Crippen LogP contribution is -2.26. The molecule has 170 valence electrons. The zero-order valence-electron chi connectivity index (χ0n) is 18.2. The summed E-state index contributed by atoms with van der Waals surface area (Å²) >= 11 is 9.47. The molecule has 0 bridgehead atoms. The molecule has 4 aromatic rings. The molecule has 34 heavy (non-hydrogen) atoms. The molecule has 0 spiro atoms. The fourth-order valence-corrected chi connectivity index (χ4v) is 4.11. The number of hydrazone groups is 1. The number of nitrogens with one attached hydrogen (secondary N) is 1. The highest BCUT2D eigenvalue weighted by Crippen LogP contribution is 2.27. The Balaban J connectivity index is 1.41. The minimum Gasteiger partial charge on any atom is -0.488 e. The summed E-state index contributed by atoms with van der Waals surface area (Å²) in [5.74, 6) is 0.0647. The minimum absolute atomic E-state index is 0.198. The average Bonchev–Trinajstić information content (AvgIpc) is 2.86. The van der Waals surface area contributed by atoms with E-state index in [4.69, 9.17) is 16.3 Å². The minimum atomic E-state index is -0.449. The summed E-state index contributed by atoms with van der Waals surface area (Å²) in [6, 6.07) is 32.5. The Morgan fingerprint density at radius 3 is 2.12 bits per heavy atom. The van der Waals surface area contributed by atoms with E-state index in [1.54, 1.807) is 6.21 Å². The van der Waals surface area contributed by atoms with Gasteiger partial charge in [0.15, 0.2) is 0 Å². The van der Waals surface area contributed by atoms with Gasteiger partial charge in [0.1, 0.15) is 12.4 Å². The fourth-order valence-electron chi connectivity index (χ4n) is 3.48. The van der Waals surface area contributed by atoms with Crippen molar-refractivity contribution in [1.29, 1.82) is 0 Å². The topological polar surface area (TPSA) is 50.7 Å². The molecule has 0 atom stereocenters. The van der Waals surface area contributed by atoms with Gasteiger partial charge in [0, 0.05) is 5.02 Å². The van der Waals surface area contributed by atoms with Gasteiger partial charge in [-0.2, -0.15) is 5.10 Å². The Bertz CT molecular complexity index is 1220. The fraction of sp³-hybridized carbons (Fsp3) is 0.0714. The smallest absolute Gasteiger partial charge is 0.252 e. The van der Waals surface area contributed by atoms with Crippen LogP contribution in [0.15, 0.2) is 113 Å². The molecule has 0 unspecified atom stereocenters. The van der Waals surface area contributed by atoms with Gasteiger partial charge in [-0.15, -0.1) is 0 Å². The number of amides is 1. The summed E-state index contributed by atoms with van der Waals surface area (Å²) in [4.78, 5) is 13.0. The SMILES string of the molecule is O=C(N/N=C/c1ccc(OCc2ccc(Cl)cc2)c(Br)c1)C(c1ccccc1)c1ccccc1. The largest absolute Gasteiger partial charge is 0.488 e. The van der Waals surface area contributed by atoms with Crippen molar-refractivity contribution in [2.45, 2.75) is 12.5 Å². The van der Waals surface area contributed by atoms with Gasteiger partial charge in [0.25, 0.3) is 5.91 Å². The lowest BCUT2D eigenvalue weighted by atomic mass is 9.91. The Morgan fingerprint density at radius 2 is 1.53 bits per heavy atom. The molecule has 1 N–H and O–H groups in total. The van der Waals surface area contributed by atoms with Crippen molar-refractivity contribution < 1.29 is 9.53 Å². The van der Waals surface area contributed by atoms with E-state index in [0.717, 1.165) is 26.7 Å². The number of carbonyl (C=O) groups is 1. The third-order valence-electron chi connectivity index (χ3n) is 5.18. The Morgan fingerprint density at radius 1 is 0.912 bits per heavy atom. The lowest BCUT2D eigenvalue weighted by Gasteiger charge is -2.16. The summed E-state index contributed by atoms with van der Waals surface area (Å²) in [7, 11) is 0. The van der Waals surface area contributed by atoms with E-state index in [2.05, 4.69) is 26.5 Å². The Kier molecular flexibility index (Phi) is 8.12. The summed E-state index contributed by atoms with van der Waals surface area (Å²) < 4.78 is 6.68. The van der Waals surface area contributed by atoms with Gasteiger partial charge in [-0.25, -0.2) is 5.43 Å². The number of ether oxygens (including phenoxy) is 1. The maximum atomic E-state index is 13.0. The summed E-state index contributed by atoms with van der Waals surface area (Å²) in [5.41, 5.74) is 6.35. The van der Waals surface area contributed by atoms with Crippen molar-refractivity contribution in [3.63, 3.8) is 0 Å². The predicted molar refractivity (Wildman–Crippen MR) is 140 cm³/mol. The van der Waals surface area contributed by atoms with Crippen LogP contribution >= 0.6 is 27.5 Å². The van der Waals surface area contributed by atoms with Crippen LogP contribution in [0.5, 0.6) is 5.75 Å². The number of rotatable bonds is 8. The monoisotopic (exact) mass is 532 g/mol. The van der Waals surface area contributed by atoms with Gasteiger partial charge < -0.3 is 4.74 Å². The zero-order chi connectivity index (χ0) is 23.8. The maximum Gasteiger partial charge on any atom is 0.252 e. The van der Waals surface area contributed by atoms with Crippen LogP contribution in [-0.2, 0) is 11.4 Å². The summed E-state index contributed by atoms with van der Waals surface area (Å²) in [5, 5.41) is 4.88. The Hall–Kier alpha value is -3.41. The molecular weight excluding hydrogens is 512 g/mol. The van der Waals surface area contributed by atoms with E-state index in [-0.39, 0.29) is 5.91 Å². The number of nitrogens with zero attached hydrogens (tertiary/aromatic N) is 1. The lowest BCUT2D eigenvalue weighted by molar-refractivity contribution is -0.121. The van der Waals surface area contributed by atoms with E-state index in [0.29, 0.717) is 17.4 Å². The maximum absolute atomic E-state index is 13.0. The number of benzene rings is 4. The van der Waals surface area contributed by atoms with Gasteiger partial charge in [-0.1, -0.05) is 84.4 Å². The van der Waals surface area contributed by atoms with E-state index in [1.807, 2.05) is 103 Å². The average molecular weight is 534 g/mol. The van der Waals surface area contributed by atoms with Crippen LogP contribution in [-0.4, -0.2) is 12.1 Å². The van der Waals surface area contributed by atoms with E-state index >= 15 is 0 Å². The van der Waals surface area contributed by atoms with Crippen LogP contribution in [0.2, 0.25) is 5.02 Å². The van der Waals surface area contributed by atoms with Crippen LogP contribution in [0.4, 0.5) is 0 Å². The molecule has 1 amide bonds. The summed E-state index contributed by atoms with van der Waals surface area (Å²) in [6.45, 7) is 0.430. The van der Waals surface area contributed by atoms with Gasteiger partial charge in [-0.05, 0) is 68.5 Å². The van der Waals surface area contributed by atoms with Crippen molar-refractivity contribution in [3.8, 4) is 5.75 Å². The van der Waals surface area contributed by atoms with Crippen molar-refractivity contribution in [2.75, 3.05) is 0 Å². The molecule has 0 heterocycles. The molecule has 6 heteroatoms. The second-order valence-corrected chi connectivity index (χ2v) is 8.88. The standard InChI is InChI=1S/C28H22BrClN2O2/c29-25-17-21(13-16-26(25)34-19-20-11-14-24(30)15-12-20)18-31-32-28(33)27(22-7-3-1-4-8-22)23-9-5-2-6-10-23/h1-18,27H,19H2,(H,32,33)/b31-18+. The van der Waals surface area contributed by atoms with Crippen LogP contribution in [0.3, 0.4) is 0 Å². The van der Waals surface area contributed by atoms with Crippen LogP contribution in [0.1, 0.15) is 28.2 Å². The first-order chi connectivity index (χ1) is 16.6. The first-order valence-electron chi connectivity index (χ1n) is 10.7. The first-order valence-corrected chi connectivity index (χ1v) is 11.9. The molecule has 0 radical (unpaired) electrons. The van der Waals surface area contributed by atoms with Crippen LogP contribution in [0.25, 0.3) is 0 Å². The molecule has 4 aromatic carbocycles. The van der Waals surface area contributed by atoms with Crippen LogP contribution in [0, 0.1) is 0 Å². The summed E-state index contributed by atoms with van der Waals surface area (Å²) in [6.07, 6.45) is 1.61. The molecule has 4 rings (SSSR count). The van der Waals surface area contributed by atoms with Gasteiger partial charge in [-0.3, -0.25) is 4.79 Å². The molecule has 0 aromatic heterocycles. The number of halogens is 2. The predicted octanol–water partition coefficient (Wildman–Crippen LogP) is 6.96. The second-order valence-electron chi connectivity index (χ2n) is 7.59. The van der Waals surface area contributed by atoms with Crippen molar-refractivity contribution in [1.82, 2.24) is 5.43 Å². The van der Waals surface area contributed by atoms with E-state index in [1.165, 1.54) is 0 Å². The molecule has 4 nitrogen and oxygen atoms in total. The van der Waals surface area contributed by atoms with E-state index < -0.39 is 5.92 Å². The highest BCUT2D eigenvalue weighted by Gasteiger charge is 2.22. The third-order valence-corrected chi connectivity index (χ3v) is 6.05. The number of carbonyl (C=O) groups excluding carboxylic acids is 1. The van der Waals surface area contributed by atoms with Crippen LogP contribution < -0.4 is 10.2 Å². The highest BCUT2D eigenvalue weighted by molar-refractivity contribution is 9.10. The van der Waals surface area contributed by atoms with Crippen molar-refractivity contribution >= 4 is 39.7 Å². The van der Waals surface area contributed by atoms with Gasteiger partial charge in [0.05, 0.1) is 16.6 Å². The number of hydrogen-bond acceptors (Lipinski definition) is 3. The molecule has 0 saturated carbocycles. The quantitative estimate of drug-likeness (QED) is 0.196. The molecular formula is C28H22BrClN2O2. The normalized spacial score (nSPS) is 11.0. The van der Waals surface area contributed by atoms with Crippen molar-refractivity contribution in [2.24, 2.45) is 5.10 Å². The Labute approximate surface area is 212 Å². The molecule has 0 aliphatic heterocycles. The zero-order valence-corrected chi connectivity index (χ0v) is 20.5. The second kappa shape index (κ2) is 11.6. The van der Waals surface area contributed by atoms with Gasteiger partial charge >= 0.3 is 0 Å². The molecule has 0 aliphatic rings. The number of hydrogen-bond donors (Lipinski definition) is 1. The highest BCUT2D eigenvalue weighted by atomic mass is 79.9.